The van der Waals surface area contributed by atoms with Crippen LogP contribution in [0.5, 0.6) is 0 Å². The zero-order chi connectivity index (χ0) is 18.6. The van der Waals surface area contributed by atoms with Crippen molar-refractivity contribution in [1.82, 2.24) is 15.3 Å². The predicted octanol–water partition coefficient (Wildman–Crippen LogP) is 3.60. The molecule has 0 spiro atoms. The Bertz CT molecular complexity index is 855. The minimum absolute atomic E-state index is 0.0749. The highest BCUT2D eigenvalue weighted by molar-refractivity contribution is 7.17. The smallest absolute Gasteiger partial charge is 0.263 e. The Morgan fingerprint density at radius 2 is 1.96 bits per heavy atom. The second-order valence-electron chi connectivity index (χ2n) is 8.21. The minimum Gasteiger partial charge on any atom is -0.390 e. The molecule has 6 nitrogen and oxygen atoms in total. The maximum atomic E-state index is 12.8. The fraction of sp³-hybridized carbons (Fsp3) is 0.526. The van der Waals surface area contributed by atoms with Gasteiger partial charge in [0.15, 0.2) is 5.13 Å². The molecule has 0 saturated heterocycles. The van der Waals surface area contributed by atoms with Gasteiger partial charge in [-0.3, -0.25) is 4.79 Å². The summed E-state index contributed by atoms with van der Waals surface area (Å²) in [5, 5.41) is 18.2. The average molecular weight is 405 g/mol. The van der Waals surface area contributed by atoms with E-state index in [9.17, 15) is 9.90 Å². The number of rotatable bonds is 4. The van der Waals surface area contributed by atoms with Gasteiger partial charge in [-0.25, -0.2) is 9.97 Å². The van der Waals surface area contributed by atoms with Gasteiger partial charge in [0.25, 0.3) is 5.91 Å². The van der Waals surface area contributed by atoms with E-state index >= 15 is 0 Å². The van der Waals surface area contributed by atoms with Crippen LogP contribution in [0.3, 0.4) is 0 Å². The fourth-order valence-electron chi connectivity index (χ4n) is 5.44. The van der Waals surface area contributed by atoms with E-state index in [4.69, 9.17) is 11.6 Å². The minimum atomic E-state index is -0.481. The first-order chi connectivity index (χ1) is 13.0. The highest BCUT2D eigenvalue weighted by Crippen LogP contribution is 2.55. The number of nitrogens with one attached hydrogen (secondary N) is 2. The van der Waals surface area contributed by atoms with Gasteiger partial charge in [0, 0.05) is 12.2 Å². The first-order valence-corrected chi connectivity index (χ1v) is 10.5. The summed E-state index contributed by atoms with van der Waals surface area (Å²) >= 11 is 7.15. The molecular weight excluding hydrogens is 384 g/mol. The van der Waals surface area contributed by atoms with Crippen molar-refractivity contribution in [1.29, 1.82) is 0 Å². The van der Waals surface area contributed by atoms with E-state index < -0.39 is 5.60 Å². The summed E-state index contributed by atoms with van der Waals surface area (Å²) in [5.41, 5.74) is -0.481. The summed E-state index contributed by atoms with van der Waals surface area (Å²) in [4.78, 5) is 21.8. The van der Waals surface area contributed by atoms with Crippen LogP contribution in [0.2, 0.25) is 5.02 Å². The molecule has 4 aliphatic carbocycles. The Labute approximate surface area is 166 Å². The summed E-state index contributed by atoms with van der Waals surface area (Å²) in [6.07, 6.45) is 8.00. The summed E-state index contributed by atoms with van der Waals surface area (Å²) in [6.45, 7) is 0. The lowest BCUT2D eigenvalue weighted by Gasteiger charge is -2.58. The van der Waals surface area contributed by atoms with Crippen molar-refractivity contribution in [3.05, 3.63) is 34.4 Å². The quantitative estimate of drug-likeness (QED) is 0.724. The maximum Gasteiger partial charge on any atom is 0.263 e. The van der Waals surface area contributed by atoms with Crippen molar-refractivity contribution in [3.8, 4) is 0 Å². The number of amides is 1. The molecule has 8 heteroatoms. The lowest BCUT2D eigenvalue weighted by Crippen LogP contribution is -2.61. The highest BCUT2D eigenvalue weighted by Gasteiger charge is 2.55. The number of nitrogens with zero attached hydrogens (tertiary/aromatic N) is 2. The first kappa shape index (κ1) is 17.4. The SMILES string of the molecule is O=C(NC1C2CC3CC1CC(O)(C3)C2)c1cnc(Nc2ccc(Cl)cn2)s1. The van der Waals surface area contributed by atoms with Gasteiger partial charge < -0.3 is 15.7 Å². The van der Waals surface area contributed by atoms with Crippen LogP contribution in [-0.4, -0.2) is 32.6 Å². The third-order valence-corrected chi connectivity index (χ3v) is 7.37. The van der Waals surface area contributed by atoms with Crippen molar-refractivity contribution >= 4 is 39.8 Å². The van der Waals surface area contributed by atoms with E-state index in [0.717, 1.165) is 32.1 Å². The number of aliphatic hydroxyl groups is 1. The van der Waals surface area contributed by atoms with E-state index in [1.165, 1.54) is 11.3 Å². The molecule has 27 heavy (non-hydrogen) atoms. The van der Waals surface area contributed by atoms with Gasteiger partial charge in [-0.2, -0.15) is 0 Å². The van der Waals surface area contributed by atoms with Crippen molar-refractivity contribution < 1.29 is 9.90 Å². The molecule has 4 aliphatic rings. The predicted molar refractivity (Wildman–Crippen MR) is 104 cm³/mol. The van der Waals surface area contributed by atoms with E-state index in [2.05, 4.69) is 20.6 Å². The van der Waals surface area contributed by atoms with Crippen LogP contribution in [-0.2, 0) is 0 Å². The van der Waals surface area contributed by atoms with Gasteiger partial charge in [0.1, 0.15) is 10.7 Å². The van der Waals surface area contributed by atoms with E-state index in [1.807, 2.05) is 0 Å². The van der Waals surface area contributed by atoms with E-state index in [1.54, 1.807) is 24.5 Å². The standard InChI is InChI=1S/C19H21ClN4O2S/c20-13-1-2-15(21-8-13)23-18-22-9-14(27-18)17(25)24-16-11-3-10-4-12(16)7-19(26,5-10)6-11/h1-2,8-12,16,26H,3-7H2,(H,24,25)(H,21,22,23). The molecule has 2 atom stereocenters. The molecule has 2 aromatic heterocycles. The first-order valence-electron chi connectivity index (χ1n) is 9.35. The average Bonchev–Trinajstić information content (AvgIpc) is 3.07. The molecule has 4 saturated carbocycles. The van der Waals surface area contributed by atoms with Crippen LogP contribution in [0, 0.1) is 17.8 Å². The Balaban J connectivity index is 1.26. The van der Waals surface area contributed by atoms with Crippen LogP contribution < -0.4 is 10.6 Å². The molecule has 6 rings (SSSR count). The number of carbonyl (C=O) groups is 1. The molecule has 0 aliphatic heterocycles. The third-order valence-electron chi connectivity index (χ3n) is 6.23. The van der Waals surface area contributed by atoms with E-state index in [0.29, 0.717) is 38.6 Å². The van der Waals surface area contributed by atoms with Gasteiger partial charge >= 0.3 is 0 Å². The number of aromatic nitrogens is 2. The fourth-order valence-corrected chi connectivity index (χ4v) is 6.27. The topological polar surface area (TPSA) is 87.1 Å². The van der Waals surface area contributed by atoms with Crippen molar-refractivity contribution in [2.75, 3.05) is 5.32 Å². The number of halogens is 1. The van der Waals surface area contributed by atoms with Crippen molar-refractivity contribution in [2.45, 2.75) is 43.7 Å². The van der Waals surface area contributed by atoms with Gasteiger partial charge in [-0.15, -0.1) is 0 Å². The monoisotopic (exact) mass is 404 g/mol. The molecule has 2 unspecified atom stereocenters. The van der Waals surface area contributed by atoms with Gasteiger partial charge in [0.2, 0.25) is 0 Å². The number of hydrogen-bond acceptors (Lipinski definition) is 6. The molecule has 2 aromatic rings. The molecule has 142 valence electrons. The van der Waals surface area contributed by atoms with Crippen LogP contribution in [0.4, 0.5) is 10.9 Å². The number of hydrogen-bond donors (Lipinski definition) is 3. The lowest BCUT2D eigenvalue weighted by atomic mass is 9.52. The maximum absolute atomic E-state index is 12.8. The Kier molecular flexibility index (Phi) is 4.14. The molecular formula is C19H21ClN4O2S. The molecule has 0 radical (unpaired) electrons. The summed E-state index contributed by atoms with van der Waals surface area (Å²) in [6, 6.07) is 3.69. The second-order valence-corrected chi connectivity index (χ2v) is 9.68. The molecule has 0 aromatic carbocycles. The summed E-state index contributed by atoms with van der Waals surface area (Å²) in [5.74, 6) is 1.98. The van der Waals surface area contributed by atoms with Gasteiger partial charge in [-0.1, -0.05) is 22.9 Å². The molecule has 3 N–H and O–H groups in total. The van der Waals surface area contributed by atoms with Crippen molar-refractivity contribution in [3.63, 3.8) is 0 Å². The lowest BCUT2D eigenvalue weighted by molar-refractivity contribution is -0.136. The van der Waals surface area contributed by atoms with Crippen molar-refractivity contribution in [2.24, 2.45) is 17.8 Å². The van der Waals surface area contributed by atoms with Gasteiger partial charge in [-0.05, 0) is 62.0 Å². The van der Waals surface area contributed by atoms with E-state index in [-0.39, 0.29) is 11.9 Å². The normalized spacial score (nSPS) is 33.9. The van der Waals surface area contributed by atoms with Crippen LogP contribution in [0.25, 0.3) is 0 Å². The number of anilines is 2. The van der Waals surface area contributed by atoms with Crippen LogP contribution >= 0.6 is 22.9 Å². The Hall–Kier alpha value is -1.70. The summed E-state index contributed by atoms with van der Waals surface area (Å²) in [7, 11) is 0. The third kappa shape index (κ3) is 3.32. The second kappa shape index (κ2) is 6.43. The number of pyridine rings is 1. The molecule has 1 amide bonds. The largest absolute Gasteiger partial charge is 0.390 e. The zero-order valence-electron chi connectivity index (χ0n) is 14.7. The van der Waals surface area contributed by atoms with Crippen LogP contribution in [0.1, 0.15) is 41.8 Å². The Morgan fingerprint density at radius 1 is 1.19 bits per heavy atom. The van der Waals surface area contributed by atoms with Gasteiger partial charge in [0.05, 0.1) is 16.8 Å². The number of thiazole rings is 1. The molecule has 4 fully saturated rings. The zero-order valence-corrected chi connectivity index (χ0v) is 16.3. The molecule has 2 heterocycles. The highest BCUT2D eigenvalue weighted by atomic mass is 35.5. The Morgan fingerprint density at radius 3 is 2.63 bits per heavy atom. The summed E-state index contributed by atoms with van der Waals surface area (Å²) < 4.78 is 0. The number of carbonyl (C=O) groups excluding carboxylic acids is 1. The molecule has 4 bridgehead atoms. The van der Waals surface area contributed by atoms with Crippen LogP contribution in [0.15, 0.2) is 24.5 Å².